The van der Waals surface area contributed by atoms with E-state index in [0.29, 0.717) is 17.3 Å². The van der Waals surface area contributed by atoms with Crippen LogP contribution in [-0.2, 0) is 16.0 Å². The Kier molecular flexibility index (Phi) is 9.69. The highest BCUT2D eigenvalue weighted by Gasteiger charge is 2.38. The number of ether oxygens (including phenoxy) is 1. The van der Waals surface area contributed by atoms with Crippen molar-refractivity contribution in [3.8, 4) is 11.4 Å². The van der Waals surface area contributed by atoms with E-state index < -0.39 is 12.1 Å². The van der Waals surface area contributed by atoms with E-state index >= 15 is 0 Å². The van der Waals surface area contributed by atoms with Crippen LogP contribution in [0.3, 0.4) is 0 Å². The Morgan fingerprint density at radius 2 is 1.88 bits per heavy atom. The largest absolute Gasteiger partial charge is 0.495 e. The molecule has 0 saturated heterocycles. The maximum atomic E-state index is 12.0. The van der Waals surface area contributed by atoms with Gasteiger partial charge in [-0.2, -0.15) is 13.2 Å². The quantitative estimate of drug-likeness (QED) is 0.469. The average molecular weight is 496 g/mol. The van der Waals surface area contributed by atoms with E-state index in [1.807, 2.05) is 53.2 Å². The van der Waals surface area contributed by atoms with Crippen molar-refractivity contribution in [1.29, 1.82) is 0 Å². The van der Waals surface area contributed by atoms with E-state index in [2.05, 4.69) is 10.3 Å². The molecule has 0 fully saturated rings. The molecule has 2 N–H and O–H groups in total. The Labute approximate surface area is 198 Å². The summed E-state index contributed by atoms with van der Waals surface area (Å²) in [5.41, 5.74) is 2.90. The van der Waals surface area contributed by atoms with Gasteiger partial charge in [-0.1, -0.05) is 29.8 Å². The summed E-state index contributed by atoms with van der Waals surface area (Å²) in [6, 6.07) is 13.3. The number of carboxylic acids is 1. The summed E-state index contributed by atoms with van der Waals surface area (Å²) in [5.74, 6) is -2.19. The van der Waals surface area contributed by atoms with Crippen molar-refractivity contribution in [1.82, 2.24) is 14.9 Å². The molecule has 2 aromatic carbocycles. The molecule has 1 aromatic heterocycles. The first kappa shape index (κ1) is 26.5. The van der Waals surface area contributed by atoms with Crippen LogP contribution in [0.5, 0.6) is 5.75 Å². The minimum Gasteiger partial charge on any atom is -0.495 e. The van der Waals surface area contributed by atoms with E-state index in [1.54, 1.807) is 25.7 Å². The molecule has 0 aliphatic carbocycles. The van der Waals surface area contributed by atoms with E-state index in [9.17, 15) is 18.0 Å². The average Bonchev–Trinajstić information content (AvgIpc) is 3.33. The maximum absolute atomic E-state index is 12.0. The monoisotopic (exact) mass is 495 g/mol. The highest BCUT2D eigenvalue weighted by molar-refractivity contribution is 6.30. The number of rotatable bonds is 7. The number of amides is 1. The molecule has 3 aromatic rings. The lowest BCUT2D eigenvalue weighted by Crippen LogP contribution is -2.23. The van der Waals surface area contributed by atoms with Gasteiger partial charge in [-0.25, -0.2) is 9.78 Å². The Balaban J connectivity index is 0.000000509. The molecule has 7 nitrogen and oxygen atoms in total. The molecule has 0 atom stereocenters. The van der Waals surface area contributed by atoms with Gasteiger partial charge in [-0.05, 0) is 47.9 Å². The van der Waals surface area contributed by atoms with Gasteiger partial charge in [0.25, 0.3) is 0 Å². The molecule has 0 radical (unpaired) electrons. The maximum Gasteiger partial charge on any atom is 0.490 e. The molecular weight excluding hydrogens is 475 g/mol. The fourth-order valence-corrected chi connectivity index (χ4v) is 2.75. The number of aliphatic carboxylic acids is 1. The fourth-order valence-electron chi connectivity index (χ4n) is 2.62. The Hall–Kier alpha value is -3.79. The number of halogens is 4. The van der Waals surface area contributed by atoms with Crippen LogP contribution in [0.15, 0.2) is 67.3 Å². The van der Waals surface area contributed by atoms with Crippen molar-refractivity contribution < 1.29 is 32.6 Å². The molecule has 34 heavy (non-hydrogen) atoms. The molecule has 0 aliphatic heterocycles. The molecule has 3 rings (SSSR count). The second kappa shape index (κ2) is 12.4. The number of carbonyl (C=O) groups excluding carboxylic acids is 1. The molecule has 11 heteroatoms. The van der Waals surface area contributed by atoms with Gasteiger partial charge in [0.1, 0.15) is 5.75 Å². The Bertz CT molecular complexity index is 1120. The number of carboxylic acid groups (broad SMARTS) is 1. The third-order valence-corrected chi connectivity index (χ3v) is 4.53. The van der Waals surface area contributed by atoms with Gasteiger partial charge in [0.15, 0.2) is 0 Å². The molecule has 1 amide bonds. The number of alkyl halides is 3. The zero-order valence-corrected chi connectivity index (χ0v) is 18.7. The Morgan fingerprint density at radius 3 is 2.44 bits per heavy atom. The van der Waals surface area contributed by atoms with Gasteiger partial charge in [-0.3, -0.25) is 4.79 Å². The van der Waals surface area contributed by atoms with Gasteiger partial charge in [-0.15, -0.1) is 0 Å². The number of carbonyl (C=O) groups is 2. The van der Waals surface area contributed by atoms with Gasteiger partial charge < -0.3 is 19.7 Å². The number of nitrogens with zero attached hydrogens (tertiary/aromatic N) is 2. The minimum atomic E-state index is -5.08. The van der Waals surface area contributed by atoms with Gasteiger partial charge in [0.05, 0.1) is 19.1 Å². The van der Waals surface area contributed by atoms with Crippen LogP contribution in [-0.4, -0.2) is 46.4 Å². The summed E-state index contributed by atoms with van der Waals surface area (Å²) in [7, 11) is 1.62. The number of hydrogen-bond donors (Lipinski definition) is 2. The van der Waals surface area contributed by atoms with Crippen molar-refractivity contribution in [2.24, 2.45) is 0 Å². The fraction of sp³-hybridized carbons (Fsp3) is 0.174. The van der Waals surface area contributed by atoms with Crippen LogP contribution < -0.4 is 10.1 Å². The van der Waals surface area contributed by atoms with Crippen LogP contribution in [0.2, 0.25) is 5.02 Å². The zero-order chi connectivity index (χ0) is 25.1. The van der Waals surface area contributed by atoms with Crippen LogP contribution in [0, 0.1) is 0 Å². The molecule has 0 spiro atoms. The third kappa shape index (κ3) is 8.62. The second-order valence-corrected chi connectivity index (χ2v) is 7.14. The summed E-state index contributed by atoms with van der Waals surface area (Å²) in [6.45, 7) is 0.563. The molecule has 0 bridgehead atoms. The smallest absolute Gasteiger partial charge is 0.490 e. The lowest BCUT2D eigenvalue weighted by Gasteiger charge is -2.09. The molecule has 1 heterocycles. The molecule has 0 aliphatic rings. The number of imidazole rings is 1. The van der Waals surface area contributed by atoms with E-state index in [1.165, 1.54) is 6.08 Å². The number of nitrogens with one attached hydrogen (secondary N) is 1. The van der Waals surface area contributed by atoms with E-state index in [-0.39, 0.29) is 5.91 Å². The van der Waals surface area contributed by atoms with Gasteiger partial charge in [0.2, 0.25) is 5.91 Å². The summed E-state index contributed by atoms with van der Waals surface area (Å²) in [4.78, 5) is 24.9. The molecule has 0 saturated carbocycles. The first-order chi connectivity index (χ1) is 16.1. The van der Waals surface area contributed by atoms with Crippen LogP contribution >= 0.6 is 11.6 Å². The summed E-state index contributed by atoms with van der Waals surface area (Å²) >= 11 is 5.86. The first-order valence-corrected chi connectivity index (χ1v) is 10.1. The molecule has 180 valence electrons. The Morgan fingerprint density at radius 1 is 1.21 bits per heavy atom. The summed E-state index contributed by atoms with van der Waals surface area (Å²) in [6.07, 6.45) is 4.22. The van der Waals surface area contributed by atoms with Crippen molar-refractivity contribution in [3.05, 3.63) is 83.4 Å². The lowest BCUT2D eigenvalue weighted by atomic mass is 10.1. The zero-order valence-electron chi connectivity index (χ0n) is 17.9. The van der Waals surface area contributed by atoms with Crippen LogP contribution in [0.1, 0.15) is 11.1 Å². The van der Waals surface area contributed by atoms with E-state index in [4.69, 9.17) is 26.2 Å². The van der Waals surface area contributed by atoms with Gasteiger partial charge >= 0.3 is 12.1 Å². The second-order valence-electron chi connectivity index (χ2n) is 6.70. The van der Waals surface area contributed by atoms with Gasteiger partial charge in [0, 0.05) is 30.0 Å². The number of aromatic nitrogens is 2. The summed E-state index contributed by atoms with van der Waals surface area (Å²) < 4.78 is 39.1. The standard InChI is InChI=1S/C21H20ClN3O2.C2HF3O2/c1-27-20-14-17(4-8-19(20)25-13-12-23-15-25)5-9-21(26)24-11-10-16-2-6-18(22)7-3-16;3-2(4,5)1(6)7/h2-9,12-15H,10-11H2,1H3,(H,24,26);(H,6,7)/b9-5+;. The van der Waals surface area contributed by atoms with Crippen molar-refractivity contribution in [2.45, 2.75) is 12.6 Å². The minimum absolute atomic E-state index is 0.137. The predicted octanol–water partition coefficient (Wildman–Crippen LogP) is 4.54. The van der Waals surface area contributed by atoms with Crippen molar-refractivity contribution in [2.75, 3.05) is 13.7 Å². The number of benzene rings is 2. The SMILES string of the molecule is COc1cc(/C=C/C(=O)NCCc2ccc(Cl)cc2)ccc1-n1ccnc1.O=C(O)C(F)(F)F. The molecular formula is C23H21ClF3N3O4. The third-order valence-electron chi connectivity index (χ3n) is 4.28. The lowest BCUT2D eigenvalue weighted by molar-refractivity contribution is -0.192. The predicted molar refractivity (Wildman–Crippen MR) is 121 cm³/mol. The first-order valence-electron chi connectivity index (χ1n) is 9.77. The highest BCUT2D eigenvalue weighted by Crippen LogP contribution is 2.24. The van der Waals surface area contributed by atoms with E-state index in [0.717, 1.165) is 23.2 Å². The highest BCUT2D eigenvalue weighted by atomic mass is 35.5. The number of methoxy groups -OCH3 is 1. The topological polar surface area (TPSA) is 93.5 Å². The number of hydrogen-bond acceptors (Lipinski definition) is 4. The van der Waals surface area contributed by atoms with Crippen molar-refractivity contribution in [3.63, 3.8) is 0 Å². The van der Waals surface area contributed by atoms with Crippen LogP contribution in [0.25, 0.3) is 11.8 Å². The van der Waals surface area contributed by atoms with Crippen LogP contribution in [0.4, 0.5) is 13.2 Å². The molecule has 0 unspecified atom stereocenters. The summed E-state index contributed by atoms with van der Waals surface area (Å²) in [5, 5.41) is 10.7. The van der Waals surface area contributed by atoms with Crippen molar-refractivity contribution >= 4 is 29.6 Å². The normalized spacial score (nSPS) is 11.0.